The monoisotopic (exact) mass is 719 g/mol. The van der Waals surface area contributed by atoms with Crippen LogP contribution in [0, 0.1) is 5.92 Å². The second kappa shape index (κ2) is 16.6. The molecule has 0 fully saturated rings. The maximum Gasteiger partial charge on any atom is 0.417 e. The van der Waals surface area contributed by atoms with Gasteiger partial charge in [-0.3, -0.25) is 28.8 Å². The summed E-state index contributed by atoms with van der Waals surface area (Å²) in [7, 11) is 0. The molecule has 0 unspecified atom stereocenters. The number of carboxylic acids is 1. The molecule has 0 aliphatic heterocycles. The van der Waals surface area contributed by atoms with Crippen molar-refractivity contribution < 1.29 is 56.6 Å². The van der Waals surface area contributed by atoms with Crippen molar-refractivity contribution in [3.05, 3.63) is 70.1 Å². The summed E-state index contributed by atoms with van der Waals surface area (Å²) in [5.41, 5.74) is -2.66. The summed E-state index contributed by atoms with van der Waals surface area (Å²) in [4.78, 5) is 87.6. The number of phenols is 1. The molecule has 0 aliphatic carbocycles. The number of hydrogen-bond donors (Lipinski definition) is 7. The number of nitrogens with one attached hydrogen (secondary N) is 5. The number of phenolic OH excluding ortho intramolecular Hbond substituents is 1. The minimum atomic E-state index is -4.88. The number of carbonyl (C=O) groups excluding carboxylic acids is 5. The van der Waals surface area contributed by atoms with Crippen LogP contribution < -0.4 is 32.2 Å². The molecule has 15 nitrogen and oxygen atoms in total. The van der Waals surface area contributed by atoms with E-state index in [9.17, 15) is 56.9 Å². The zero-order chi connectivity index (χ0) is 38.2. The van der Waals surface area contributed by atoms with E-state index in [0.29, 0.717) is 5.56 Å². The Morgan fingerprint density at radius 2 is 1.45 bits per heavy atom. The number of amides is 5. The Balaban J connectivity index is 1.71. The molecule has 0 spiro atoms. The number of aliphatic carboxylic acids is 1. The predicted molar refractivity (Wildman–Crippen MR) is 174 cm³/mol. The van der Waals surface area contributed by atoms with Gasteiger partial charge in [-0.15, -0.1) is 0 Å². The molecule has 0 aliphatic rings. The lowest BCUT2D eigenvalue weighted by atomic mass is 10.0. The molecule has 0 radical (unpaired) electrons. The molecule has 0 saturated carbocycles. The summed E-state index contributed by atoms with van der Waals surface area (Å²) in [6.45, 7) is 5.65. The van der Waals surface area contributed by atoms with Gasteiger partial charge in [-0.05, 0) is 42.7 Å². The summed E-state index contributed by atoms with van der Waals surface area (Å²) < 4.78 is 45.0. The first-order valence-corrected chi connectivity index (χ1v) is 15.4. The molecule has 7 N–H and O–H groups in total. The van der Waals surface area contributed by atoms with Gasteiger partial charge in [0.2, 0.25) is 29.5 Å². The van der Waals surface area contributed by atoms with Gasteiger partial charge in [0.25, 0.3) is 0 Å². The summed E-state index contributed by atoms with van der Waals surface area (Å²) >= 11 is 0. The summed E-state index contributed by atoms with van der Waals surface area (Å²) in [6.07, 6.45) is -5.80. The van der Waals surface area contributed by atoms with Crippen LogP contribution in [0.25, 0.3) is 11.0 Å². The first kappa shape index (κ1) is 39.5. The molecule has 0 bridgehead atoms. The highest BCUT2D eigenvalue weighted by molar-refractivity contribution is 6.01. The third-order valence-electron chi connectivity index (χ3n) is 7.40. The standard InChI is InChI=1S/C33H36F3N5O10/c1-15(2)28(41-31(49)23(38-17(4)42)11-18-5-8-20(43)9-6-18)32(50)37-16(3)29(47)40-24(14-26(44)45)30(48)39-19-7-10-21-22(33(34,35)36)13-27(46)51-25(21)12-19/h5-10,12-13,15-16,23-24,28,43H,11,14H2,1-4H3,(H,37,50)(H,38,42)(H,39,48)(H,40,47)(H,41,49)(H,44,45)/t16-,23+,24+,28-/m0/s1. The van der Waals surface area contributed by atoms with Gasteiger partial charge in [0.15, 0.2) is 0 Å². The number of hydrogen-bond acceptors (Lipinski definition) is 9. The minimum Gasteiger partial charge on any atom is -0.508 e. The van der Waals surface area contributed by atoms with Crippen LogP contribution in [-0.4, -0.2) is 69.9 Å². The Labute approximate surface area is 288 Å². The second-order valence-electron chi connectivity index (χ2n) is 11.9. The van der Waals surface area contributed by atoms with Crippen molar-refractivity contribution in [1.82, 2.24) is 21.3 Å². The molecule has 4 atom stereocenters. The van der Waals surface area contributed by atoms with Gasteiger partial charge in [-0.25, -0.2) is 4.79 Å². The van der Waals surface area contributed by atoms with E-state index >= 15 is 0 Å². The lowest BCUT2D eigenvalue weighted by Crippen LogP contribution is -2.58. The van der Waals surface area contributed by atoms with Crippen molar-refractivity contribution in [1.29, 1.82) is 0 Å². The summed E-state index contributed by atoms with van der Waals surface area (Å²) in [5.74, 6) is -6.19. The number of alkyl halides is 3. The van der Waals surface area contributed by atoms with Crippen molar-refractivity contribution in [2.45, 2.75) is 70.9 Å². The van der Waals surface area contributed by atoms with E-state index in [4.69, 9.17) is 4.42 Å². The van der Waals surface area contributed by atoms with Crippen LogP contribution in [-0.2, 0) is 41.4 Å². The normalized spacial score (nSPS) is 13.7. The van der Waals surface area contributed by atoms with E-state index in [1.807, 2.05) is 0 Å². The molecule has 18 heteroatoms. The fourth-order valence-corrected chi connectivity index (χ4v) is 4.86. The average molecular weight is 720 g/mol. The third-order valence-corrected chi connectivity index (χ3v) is 7.40. The molecular weight excluding hydrogens is 683 g/mol. The Hall–Kier alpha value is -5.94. The van der Waals surface area contributed by atoms with Gasteiger partial charge in [0, 0.05) is 36.6 Å². The number of aromatic hydroxyl groups is 1. The van der Waals surface area contributed by atoms with Crippen LogP contribution in [0.3, 0.4) is 0 Å². The maximum atomic E-state index is 13.4. The Morgan fingerprint density at radius 1 is 0.804 bits per heavy atom. The van der Waals surface area contributed by atoms with Crippen molar-refractivity contribution in [3.63, 3.8) is 0 Å². The van der Waals surface area contributed by atoms with E-state index in [0.717, 1.165) is 18.2 Å². The van der Waals surface area contributed by atoms with Crippen LogP contribution in [0.15, 0.2) is 57.7 Å². The molecular formula is C33H36F3N5O10. The third kappa shape index (κ3) is 11.3. The number of carbonyl (C=O) groups is 6. The van der Waals surface area contributed by atoms with Gasteiger partial charge in [0.05, 0.1) is 12.0 Å². The van der Waals surface area contributed by atoms with Crippen LogP contribution >= 0.6 is 0 Å². The number of fused-ring (bicyclic) bond motifs is 1. The van der Waals surface area contributed by atoms with E-state index in [2.05, 4.69) is 26.6 Å². The fourth-order valence-electron chi connectivity index (χ4n) is 4.86. The molecule has 1 heterocycles. The highest BCUT2D eigenvalue weighted by atomic mass is 19.4. The molecule has 3 aromatic rings. The lowest BCUT2D eigenvalue weighted by molar-refractivity contribution is -0.140. The van der Waals surface area contributed by atoms with E-state index in [1.54, 1.807) is 26.0 Å². The van der Waals surface area contributed by atoms with Crippen LogP contribution in [0.4, 0.5) is 18.9 Å². The number of anilines is 1. The van der Waals surface area contributed by atoms with Gasteiger partial charge in [-0.1, -0.05) is 26.0 Å². The van der Waals surface area contributed by atoms with E-state index in [-0.39, 0.29) is 23.9 Å². The zero-order valence-electron chi connectivity index (χ0n) is 27.7. The molecule has 2 aromatic carbocycles. The highest BCUT2D eigenvalue weighted by Gasteiger charge is 2.35. The zero-order valence-corrected chi connectivity index (χ0v) is 27.7. The Bertz CT molecular complexity index is 1860. The predicted octanol–water partition coefficient (Wildman–Crippen LogP) is 1.81. The molecule has 0 saturated heterocycles. The van der Waals surface area contributed by atoms with Gasteiger partial charge in [-0.2, -0.15) is 13.2 Å². The van der Waals surface area contributed by atoms with Crippen molar-refractivity contribution >= 4 is 52.2 Å². The number of carboxylic acid groups (broad SMARTS) is 1. The summed E-state index contributed by atoms with van der Waals surface area (Å²) in [6, 6.07) is 3.67. The van der Waals surface area contributed by atoms with Crippen molar-refractivity contribution in [2.75, 3.05) is 5.32 Å². The largest absolute Gasteiger partial charge is 0.508 e. The molecule has 3 rings (SSSR count). The average Bonchev–Trinajstić information content (AvgIpc) is 3.02. The number of rotatable bonds is 14. The Morgan fingerprint density at radius 3 is 2.02 bits per heavy atom. The van der Waals surface area contributed by atoms with E-state index in [1.165, 1.54) is 26.0 Å². The number of halogens is 3. The lowest BCUT2D eigenvalue weighted by Gasteiger charge is -2.27. The van der Waals surface area contributed by atoms with Crippen LogP contribution in [0.5, 0.6) is 5.75 Å². The first-order chi connectivity index (χ1) is 23.7. The van der Waals surface area contributed by atoms with Crippen LogP contribution in [0.1, 0.15) is 45.2 Å². The summed E-state index contributed by atoms with van der Waals surface area (Å²) in [5, 5.41) is 30.4. The molecule has 5 amide bonds. The van der Waals surface area contributed by atoms with Gasteiger partial charge >= 0.3 is 17.8 Å². The van der Waals surface area contributed by atoms with Gasteiger partial charge < -0.3 is 41.2 Å². The fraction of sp³-hybridized carbons (Fsp3) is 0.364. The highest BCUT2D eigenvalue weighted by Crippen LogP contribution is 2.34. The SMILES string of the molecule is CC(=O)N[C@H](Cc1ccc(O)cc1)C(=O)N[C@H](C(=O)N[C@@H](C)C(=O)N[C@H](CC(=O)O)C(=O)Nc1ccc2c(C(F)(F)F)cc(=O)oc2c1)C(C)C. The van der Waals surface area contributed by atoms with Crippen molar-refractivity contribution in [3.8, 4) is 5.75 Å². The van der Waals surface area contributed by atoms with Gasteiger partial charge in [0.1, 0.15) is 35.5 Å². The Kier molecular flexibility index (Phi) is 12.9. The molecule has 1 aromatic heterocycles. The minimum absolute atomic E-state index is 0.00374. The second-order valence-corrected chi connectivity index (χ2v) is 11.9. The van der Waals surface area contributed by atoms with Crippen molar-refractivity contribution in [2.24, 2.45) is 5.92 Å². The first-order valence-electron chi connectivity index (χ1n) is 15.4. The molecule has 274 valence electrons. The number of benzene rings is 2. The maximum absolute atomic E-state index is 13.4. The van der Waals surface area contributed by atoms with E-state index < -0.39 is 100 Å². The van der Waals surface area contributed by atoms with Crippen LogP contribution in [0.2, 0.25) is 0 Å². The quantitative estimate of drug-likeness (QED) is 0.119. The smallest absolute Gasteiger partial charge is 0.417 e. The topological polar surface area (TPSA) is 233 Å². The molecule has 51 heavy (non-hydrogen) atoms.